The lowest BCUT2D eigenvalue weighted by atomic mass is 10.0. The van der Waals surface area contributed by atoms with Crippen molar-refractivity contribution < 1.29 is 4.79 Å². The van der Waals surface area contributed by atoms with Gasteiger partial charge in [-0.3, -0.25) is 4.79 Å². The number of benzene rings is 1. The summed E-state index contributed by atoms with van der Waals surface area (Å²) in [6.45, 7) is 4.67. The van der Waals surface area contributed by atoms with Crippen LogP contribution in [0.3, 0.4) is 0 Å². The maximum atomic E-state index is 12.8. The highest BCUT2D eigenvalue weighted by Gasteiger charge is 2.23. The zero-order valence-corrected chi connectivity index (χ0v) is 14.7. The summed E-state index contributed by atoms with van der Waals surface area (Å²) in [6.07, 6.45) is 4.56. The van der Waals surface area contributed by atoms with Gasteiger partial charge < -0.3 is 10.2 Å². The average molecular weight is 374 g/mol. The Morgan fingerprint density at radius 2 is 2.29 bits per heavy atom. The molecule has 1 aromatic carbocycles. The first-order valence-corrected chi connectivity index (χ1v) is 8.77. The van der Waals surface area contributed by atoms with Crippen molar-refractivity contribution in [2.24, 2.45) is 0 Å². The van der Waals surface area contributed by atoms with Crippen LogP contribution in [0.2, 0.25) is 5.02 Å². The van der Waals surface area contributed by atoms with Crippen molar-refractivity contribution >= 4 is 33.4 Å². The molecule has 0 radical (unpaired) electrons. The van der Waals surface area contributed by atoms with E-state index in [9.17, 15) is 4.79 Å². The van der Waals surface area contributed by atoms with Gasteiger partial charge in [-0.05, 0) is 53.9 Å². The predicted molar refractivity (Wildman–Crippen MR) is 91.0 cm³/mol. The molecule has 1 amide bonds. The molecule has 0 aromatic heterocycles. The molecule has 1 atom stereocenters. The molecule has 3 nitrogen and oxygen atoms in total. The van der Waals surface area contributed by atoms with Crippen LogP contribution in [0, 0.1) is 0 Å². The summed E-state index contributed by atoms with van der Waals surface area (Å²) >= 11 is 9.65. The highest BCUT2D eigenvalue weighted by Crippen LogP contribution is 2.27. The molecule has 0 aliphatic carbocycles. The van der Waals surface area contributed by atoms with Crippen LogP contribution < -0.4 is 5.32 Å². The van der Waals surface area contributed by atoms with Crippen molar-refractivity contribution in [1.29, 1.82) is 0 Å². The van der Waals surface area contributed by atoms with Crippen molar-refractivity contribution in [3.63, 3.8) is 0 Å². The van der Waals surface area contributed by atoms with E-state index in [0.29, 0.717) is 16.6 Å². The molecule has 1 saturated heterocycles. The summed E-state index contributed by atoms with van der Waals surface area (Å²) in [7, 11) is 0. The molecular weight excluding hydrogens is 352 g/mol. The number of hydrogen-bond donors (Lipinski definition) is 1. The first kappa shape index (κ1) is 16.8. The van der Waals surface area contributed by atoms with E-state index in [4.69, 9.17) is 11.6 Å². The second-order valence-corrected chi connectivity index (χ2v) is 6.73. The van der Waals surface area contributed by atoms with Crippen molar-refractivity contribution in [2.75, 3.05) is 19.6 Å². The Morgan fingerprint density at radius 1 is 1.48 bits per heavy atom. The standard InChI is InChI=1S/C16H22BrClN2O/c1-2-10-20(11-12-6-3-4-9-19-12)16(21)13-7-5-8-14(17)15(13)18/h5,7-8,12,19H,2-4,6,9-11H2,1H3. The van der Waals surface area contributed by atoms with E-state index in [0.717, 1.165) is 36.9 Å². The molecule has 21 heavy (non-hydrogen) atoms. The fraction of sp³-hybridized carbons (Fsp3) is 0.562. The number of carbonyl (C=O) groups is 1. The number of nitrogens with zero attached hydrogens (tertiary/aromatic N) is 1. The second kappa shape index (κ2) is 8.16. The highest BCUT2D eigenvalue weighted by molar-refractivity contribution is 9.10. The van der Waals surface area contributed by atoms with E-state index in [-0.39, 0.29) is 5.91 Å². The molecule has 116 valence electrons. The minimum atomic E-state index is 0.0236. The highest BCUT2D eigenvalue weighted by atomic mass is 79.9. The van der Waals surface area contributed by atoms with Crippen molar-refractivity contribution in [3.8, 4) is 0 Å². The summed E-state index contributed by atoms with van der Waals surface area (Å²) < 4.78 is 0.766. The van der Waals surface area contributed by atoms with Gasteiger partial charge in [0.2, 0.25) is 0 Å². The largest absolute Gasteiger partial charge is 0.337 e. The normalized spacial score (nSPS) is 18.5. The third-order valence-electron chi connectivity index (χ3n) is 3.82. The first-order valence-electron chi connectivity index (χ1n) is 7.60. The Labute approximate surface area is 140 Å². The lowest BCUT2D eigenvalue weighted by molar-refractivity contribution is 0.0732. The number of carbonyl (C=O) groups excluding carboxylic acids is 1. The molecule has 5 heteroatoms. The molecule has 1 heterocycles. The molecule has 2 rings (SSSR count). The Kier molecular flexibility index (Phi) is 6.52. The predicted octanol–water partition coefficient (Wildman–Crippen LogP) is 4.10. The molecule has 0 spiro atoms. The van der Waals surface area contributed by atoms with Gasteiger partial charge in [0, 0.05) is 23.6 Å². The van der Waals surface area contributed by atoms with Crippen LogP contribution in [0.5, 0.6) is 0 Å². The van der Waals surface area contributed by atoms with Crippen molar-refractivity contribution in [3.05, 3.63) is 33.3 Å². The Bertz CT molecular complexity index is 489. The first-order chi connectivity index (χ1) is 10.1. The Balaban J connectivity index is 2.12. The van der Waals surface area contributed by atoms with E-state index >= 15 is 0 Å². The molecule has 1 aromatic rings. The van der Waals surface area contributed by atoms with Gasteiger partial charge in [-0.2, -0.15) is 0 Å². The summed E-state index contributed by atoms with van der Waals surface area (Å²) in [5.41, 5.74) is 0.579. The SMILES string of the molecule is CCCN(CC1CCCCN1)C(=O)c1cccc(Br)c1Cl. The van der Waals surface area contributed by atoms with Gasteiger partial charge in [-0.15, -0.1) is 0 Å². The average Bonchev–Trinajstić information content (AvgIpc) is 2.50. The fourth-order valence-electron chi connectivity index (χ4n) is 2.73. The third-order valence-corrected chi connectivity index (χ3v) is 5.11. The van der Waals surface area contributed by atoms with Crippen LogP contribution in [0.15, 0.2) is 22.7 Å². The molecule has 1 unspecified atom stereocenters. The number of nitrogens with one attached hydrogen (secondary N) is 1. The van der Waals surface area contributed by atoms with E-state index < -0.39 is 0 Å². The number of halogens is 2. The molecule has 1 N–H and O–H groups in total. The minimum absolute atomic E-state index is 0.0236. The van der Waals surface area contributed by atoms with Crippen LogP contribution in [0.1, 0.15) is 43.0 Å². The van der Waals surface area contributed by atoms with Gasteiger partial charge in [-0.25, -0.2) is 0 Å². The van der Waals surface area contributed by atoms with E-state index in [2.05, 4.69) is 28.2 Å². The molecule has 1 aliphatic heterocycles. The van der Waals surface area contributed by atoms with Crippen LogP contribution >= 0.6 is 27.5 Å². The molecule has 0 saturated carbocycles. The zero-order chi connectivity index (χ0) is 15.2. The van der Waals surface area contributed by atoms with E-state index in [1.807, 2.05) is 17.0 Å². The molecule has 1 aliphatic rings. The minimum Gasteiger partial charge on any atom is -0.337 e. The Morgan fingerprint density at radius 3 is 2.95 bits per heavy atom. The Hall–Kier alpha value is -0.580. The second-order valence-electron chi connectivity index (χ2n) is 5.50. The summed E-state index contributed by atoms with van der Waals surface area (Å²) in [6, 6.07) is 5.91. The lowest BCUT2D eigenvalue weighted by Gasteiger charge is -2.30. The monoisotopic (exact) mass is 372 g/mol. The van der Waals surface area contributed by atoms with Crippen LogP contribution in [0.25, 0.3) is 0 Å². The van der Waals surface area contributed by atoms with Gasteiger partial charge in [0.15, 0.2) is 0 Å². The van der Waals surface area contributed by atoms with Gasteiger partial charge in [0.05, 0.1) is 10.6 Å². The molecule has 0 bridgehead atoms. The maximum absolute atomic E-state index is 12.8. The van der Waals surface area contributed by atoms with Gasteiger partial charge >= 0.3 is 0 Å². The topological polar surface area (TPSA) is 32.3 Å². The summed E-state index contributed by atoms with van der Waals surface area (Å²) in [4.78, 5) is 14.7. The zero-order valence-electron chi connectivity index (χ0n) is 12.4. The number of piperidine rings is 1. The van der Waals surface area contributed by atoms with Gasteiger partial charge in [0.25, 0.3) is 5.91 Å². The number of amides is 1. The summed E-state index contributed by atoms with van der Waals surface area (Å²) in [5.74, 6) is 0.0236. The van der Waals surface area contributed by atoms with Crippen LogP contribution in [0.4, 0.5) is 0 Å². The van der Waals surface area contributed by atoms with E-state index in [1.165, 1.54) is 12.8 Å². The molecule has 1 fully saturated rings. The van der Waals surface area contributed by atoms with Crippen LogP contribution in [-0.4, -0.2) is 36.5 Å². The molecular formula is C16H22BrClN2O. The van der Waals surface area contributed by atoms with Crippen LogP contribution in [-0.2, 0) is 0 Å². The maximum Gasteiger partial charge on any atom is 0.255 e. The quantitative estimate of drug-likeness (QED) is 0.843. The van der Waals surface area contributed by atoms with Crippen molar-refractivity contribution in [1.82, 2.24) is 10.2 Å². The number of hydrogen-bond acceptors (Lipinski definition) is 2. The van der Waals surface area contributed by atoms with Gasteiger partial charge in [0.1, 0.15) is 0 Å². The van der Waals surface area contributed by atoms with E-state index in [1.54, 1.807) is 6.07 Å². The third kappa shape index (κ3) is 4.44. The lowest BCUT2D eigenvalue weighted by Crippen LogP contribution is -2.46. The smallest absolute Gasteiger partial charge is 0.255 e. The number of rotatable bonds is 5. The van der Waals surface area contributed by atoms with Crippen molar-refractivity contribution in [2.45, 2.75) is 38.6 Å². The fourth-order valence-corrected chi connectivity index (χ4v) is 3.30. The van der Waals surface area contributed by atoms with Gasteiger partial charge in [-0.1, -0.05) is 31.0 Å². The summed E-state index contributed by atoms with van der Waals surface area (Å²) in [5, 5.41) is 4.00.